The SMILES string of the molecule is C[C@H](C(=O)O)N1CCCCC1=O. The molecule has 1 heterocycles. The number of amides is 1. The van der Waals surface area contributed by atoms with Crippen molar-refractivity contribution in [1.29, 1.82) is 0 Å². The number of nitrogens with zero attached hydrogens (tertiary/aromatic N) is 1. The predicted octanol–water partition coefficient (Wildman–Crippen LogP) is 0.472. The highest BCUT2D eigenvalue weighted by Gasteiger charge is 2.26. The third kappa shape index (κ3) is 1.75. The van der Waals surface area contributed by atoms with E-state index in [1.807, 2.05) is 0 Å². The Morgan fingerprint density at radius 1 is 1.58 bits per heavy atom. The lowest BCUT2D eigenvalue weighted by Crippen LogP contribution is -2.45. The van der Waals surface area contributed by atoms with Crippen molar-refractivity contribution in [2.24, 2.45) is 0 Å². The van der Waals surface area contributed by atoms with Crippen molar-refractivity contribution in [2.75, 3.05) is 6.54 Å². The zero-order valence-corrected chi connectivity index (χ0v) is 7.12. The molecule has 1 fully saturated rings. The van der Waals surface area contributed by atoms with Gasteiger partial charge in [0.15, 0.2) is 0 Å². The van der Waals surface area contributed by atoms with Gasteiger partial charge in [-0.25, -0.2) is 4.79 Å². The zero-order chi connectivity index (χ0) is 9.14. The minimum atomic E-state index is -0.926. The molecule has 0 aromatic rings. The van der Waals surface area contributed by atoms with Crippen molar-refractivity contribution in [2.45, 2.75) is 32.2 Å². The van der Waals surface area contributed by atoms with Crippen molar-refractivity contribution in [3.05, 3.63) is 0 Å². The summed E-state index contributed by atoms with van der Waals surface area (Å²) in [7, 11) is 0. The number of hydrogen-bond acceptors (Lipinski definition) is 2. The van der Waals surface area contributed by atoms with Gasteiger partial charge in [0.05, 0.1) is 0 Å². The Bertz CT molecular complexity index is 202. The monoisotopic (exact) mass is 171 g/mol. The van der Waals surface area contributed by atoms with Gasteiger partial charge in [-0.05, 0) is 19.8 Å². The molecule has 1 aliphatic heterocycles. The molecule has 1 saturated heterocycles. The minimum Gasteiger partial charge on any atom is -0.480 e. The number of carbonyl (C=O) groups excluding carboxylic acids is 1. The molecular formula is C8H13NO3. The molecule has 1 aliphatic rings. The normalized spacial score (nSPS) is 20.8. The van der Waals surface area contributed by atoms with Crippen LogP contribution in [0.1, 0.15) is 26.2 Å². The molecule has 0 bridgehead atoms. The van der Waals surface area contributed by atoms with Crippen LogP contribution in [0.4, 0.5) is 0 Å². The molecule has 12 heavy (non-hydrogen) atoms. The second-order valence-corrected chi connectivity index (χ2v) is 3.06. The molecule has 0 aromatic heterocycles. The molecule has 0 saturated carbocycles. The van der Waals surface area contributed by atoms with Crippen LogP contribution >= 0.6 is 0 Å². The van der Waals surface area contributed by atoms with E-state index in [2.05, 4.69) is 0 Å². The van der Waals surface area contributed by atoms with E-state index in [4.69, 9.17) is 5.11 Å². The summed E-state index contributed by atoms with van der Waals surface area (Å²) >= 11 is 0. The number of aliphatic carboxylic acids is 1. The van der Waals surface area contributed by atoms with E-state index in [-0.39, 0.29) is 5.91 Å². The van der Waals surface area contributed by atoms with E-state index in [1.165, 1.54) is 4.90 Å². The van der Waals surface area contributed by atoms with Crippen LogP contribution in [0.2, 0.25) is 0 Å². The number of rotatable bonds is 2. The van der Waals surface area contributed by atoms with Crippen molar-refractivity contribution in [3.8, 4) is 0 Å². The number of carboxylic acids is 1. The number of piperidine rings is 1. The van der Waals surface area contributed by atoms with E-state index in [9.17, 15) is 9.59 Å². The Kier molecular flexibility index (Phi) is 2.68. The summed E-state index contributed by atoms with van der Waals surface area (Å²) in [5.74, 6) is -0.957. The van der Waals surface area contributed by atoms with Gasteiger partial charge in [-0.2, -0.15) is 0 Å². The summed E-state index contributed by atoms with van der Waals surface area (Å²) in [6.45, 7) is 2.14. The lowest BCUT2D eigenvalue weighted by Gasteiger charge is -2.29. The number of carboxylic acid groups (broad SMARTS) is 1. The van der Waals surface area contributed by atoms with Crippen LogP contribution in [0.25, 0.3) is 0 Å². The van der Waals surface area contributed by atoms with Crippen LogP contribution in [0.15, 0.2) is 0 Å². The maximum atomic E-state index is 11.2. The molecule has 1 rings (SSSR count). The number of likely N-dealkylation sites (tertiary alicyclic amines) is 1. The second kappa shape index (κ2) is 3.56. The minimum absolute atomic E-state index is 0.0313. The Labute approximate surface area is 71.2 Å². The zero-order valence-electron chi connectivity index (χ0n) is 7.12. The van der Waals surface area contributed by atoms with Crippen molar-refractivity contribution in [3.63, 3.8) is 0 Å². The first-order valence-electron chi connectivity index (χ1n) is 4.15. The Balaban J connectivity index is 2.59. The average molecular weight is 171 g/mol. The van der Waals surface area contributed by atoms with Gasteiger partial charge in [0.1, 0.15) is 6.04 Å². The van der Waals surface area contributed by atoms with Crippen LogP contribution in [-0.4, -0.2) is 34.5 Å². The number of carbonyl (C=O) groups is 2. The van der Waals surface area contributed by atoms with Gasteiger partial charge in [-0.3, -0.25) is 4.79 Å². The molecule has 0 aliphatic carbocycles. The van der Waals surface area contributed by atoms with Gasteiger partial charge in [0.25, 0.3) is 0 Å². The molecule has 4 heteroatoms. The highest BCUT2D eigenvalue weighted by molar-refractivity contribution is 5.83. The van der Waals surface area contributed by atoms with E-state index in [0.717, 1.165) is 12.8 Å². The quantitative estimate of drug-likeness (QED) is 0.657. The third-order valence-corrected chi connectivity index (χ3v) is 2.18. The summed E-state index contributed by atoms with van der Waals surface area (Å²) in [6.07, 6.45) is 2.31. The molecular weight excluding hydrogens is 158 g/mol. The highest BCUT2D eigenvalue weighted by Crippen LogP contribution is 2.13. The Morgan fingerprint density at radius 3 is 2.75 bits per heavy atom. The number of hydrogen-bond donors (Lipinski definition) is 1. The molecule has 0 spiro atoms. The summed E-state index contributed by atoms with van der Waals surface area (Å²) in [4.78, 5) is 23.2. The van der Waals surface area contributed by atoms with Gasteiger partial charge in [0.2, 0.25) is 5.91 Å². The maximum absolute atomic E-state index is 11.2. The summed E-state index contributed by atoms with van der Waals surface area (Å²) in [5, 5.41) is 8.66. The van der Waals surface area contributed by atoms with Gasteiger partial charge in [0, 0.05) is 13.0 Å². The Morgan fingerprint density at radius 2 is 2.25 bits per heavy atom. The van der Waals surface area contributed by atoms with Gasteiger partial charge < -0.3 is 10.0 Å². The largest absolute Gasteiger partial charge is 0.480 e. The second-order valence-electron chi connectivity index (χ2n) is 3.06. The Hall–Kier alpha value is -1.06. The first kappa shape index (κ1) is 9.03. The topological polar surface area (TPSA) is 57.6 Å². The van der Waals surface area contributed by atoms with E-state index in [1.54, 1.807) is 6.92 Å². The van der Waals surface area contributed by atoms with Gasteiger partial charge in [-0.1, -0.05) is 0 Å². The molecule has 4 nitrogen and oxygen atoms in total. The lowest BCUT2D eigenvalue weighted by atomic mass is 10.1. The average Bonchev–Trinajstić information content (AvgIpc) is 2.04. The van der Waals surface area contributed by atoms with Crippen molar-refractivity contribution < 1.29 is 14.7 Å². The lowest BCUT2D eigenvalue weighted by molar-refractivity contribution is -0.150. The molecule has 0 radical (unpaired) electrons. The fourth-order valence-electron chi connectivity index (χ4n) is 1.37. The predicted molar refractivity (Wildman–Crippen MR) is 42.7 cm³/mol. The van der Waals surface area contributed by atoms with Crippen LogP contribution in [0, 0.1) is 0 Å². The van der Waals surface area contributed by atoms with Crippen molar-refractivity contribution in [1.82, 2.24) is 4.90 Å². The maximum Gasteiger partial charge on any atom is 0.326 e. The summed E-state index contributed by atoms with van der Waals surface area (Å²) < 4.78 is 0. The third-order valence-electron chi connectivity index (χ3n) is 2.18. The van der Waals surface area contributed by atoms with E-state index >= 15 is 0 Å². The smallest absolute Gasteiger partial charge is 0.326 e. The molecule has 1 atom stereocenters. The van der Waals surface area contributed by atoms with Gasteiger partial charge >= 0.3 is 5.97 Å². The van der Waals surface area contributed by atoms with Crippen LogP contribution < -0.4 is 0 Å². The van der Waals surface area contributed by atoms with Crippen LogP contribution in [0.5, 0.6) is 0 Å². The van der Waals surface area contributed by atoms with E-state index < -0.39 is 12.0 Å². The molecule has 1 amide bonds. The first-order chi connectivity index (χ1) is 5.63. The first-order valence-corrected chi connectivity index (χ1v) is 4.15. The highest BCUT2D eigenvalue weighted by atomic mass is 16.4. The molecule has 68 valence electrons. The standard InChI is InChI=1S/C8H13NO3/c1-6(8(11)12)9-5-3-2-4-7(9)10/h6H,2-5H2,1H3,(H,11,12)/t6-/m1/s1. The fourth-order valence-corrected chi connectivity index (χ4v) is 1.37. The van der Waals surface area contributed by atoms with Crippen molar-refractivity contribution >= 4 is 11.9 Å². The van der Waals surface area contributed by atoms with Crippen LogP contribution in [-0.2, 0) is 9.59 Å². The van der Waals surface area contributed by atoms with Crippen LogP contribution in [0.3, 0.4) is 0 Å². The molecule has 0 aromatic carbocycles. The fraction of sp³-hybridized carbons (Fsp3) is 0.750. The molecule has 1 N–H and O–H groups in total. The summed E-state index contributed by atoms with van der Waals surface area (Å²) in [5.41, 5.74) is 0. The van der Waals surface area contributed by atoms with Gasteiger partial charge in [-0.15, -0.1) is 0 Å². The van der Waals surface area contributed by atoms with E-state index in [0.29, 0.717) is 13.0 Å². The molecule has 0 unspecified atom stereocenters. The summed E-state index contributed by atoms with van der Waals surface area (Å²) in [6, 6.07) is -0.669.